The minimum Gasteiger partial charge on any atom is -0.481 e. The van der Waals surface area contributed by atoms with E-state index >= 15 is 0 Å². The molecule has 114 valence electrons. The van der Waals surface area contributed by atoms with E-state index in [4.69, 9.17) is 10.2 Å². The first kappa shape index (κ1) is 18.4. The first-order chi connectivity index (χ1) is 9.57. The predicted molar refractivity (Wildman–Crippen MR) is 79.7 cm³/mol. The van der Waals surface area contributed by atoms with Crippen LogP contribution in [0.2, 0.25) is 0 Å². The molecule has 0 amide bonds. The van der Waals surface area contributed by atoms with Crippen molar-refractivity contribution in [3.8, 4) is 0 Å². The molecule has 1 atom stereocenters. The van der Waals surface area contributed by atoms with E-state index in [2.05, 4.69) is 19.1 Å². The van der Waals surface area contributed by atoms with Crippen LogP contribution in [0.3, 0.4) is 0 Å². The zero-order valence-electron chi connectivity index (χ0n) is 12.3. The molecule has 0 bridgehead atoms. The molecule has 0 fully saturated rings. The van der Waals surface area contributed by atoms with E-state index in [0.29, 0.717) is 0 Å². The largest absolute Gasteiger partial charge is 0.481 e. The molecule has 0 aliphatic rings. The van der Waals surface area contributed by atoms with Crippen LogP contribution in [0.15, 0.2) is 24.3 Å². The molecule has 4 heteroatoms. The van der Waals surface area contributed by atoms with Gasteiger partial charge in [0.05, 0.1) is 12.3 Å². The zero-order valence-corrected chi connectivity index (χ0v) is 12.3. The van der Waals surface area contributed by atoms with Crippen LogP contribution in [0.1, 0.15) is 58.3 Å². The molecule has 0 aliphatic carbocycles. The highest BCUT2D eigenvalue weighted by Crippen LogP contribution is 2.11. The lowest BCUT2D eigenvalue weighted by Gasteiger charge is -2.05. The van der Waals surface area contributed by atoms with Crippen LogP contribution < -0.4 is 0 Å². The molecule has 20 heavy (non-hydrogen) atoms. The highest BCUT2D eigenvalue weighted by atomic mass is 16.4. The molecule has 4 nitrogen and oxygen atoms in total. The number of allylic oxidation sites excluding steroid dienone is 4. The molecular weight excluding hydrogens is 256 g/mol. The average molecular weight is 282 g/mol. The molecule has 0 aromatic heterocycles. The average Bonchev–Trinajstić information content (AvgIpc) is 2.39. The summed E-state index contributed by atoms with van der Waals surface area (Å²) in [5, 5.41) is 17.5. The number of hydrogen-bond acceptors (Lipinski definition) is 2. The fourth-order valence-corrected chi connectivity index (χ4v) is 1.77. The van der Waals surface area contributed by atoms with Crippen molar-refractivity contribution >= 4 is 11.9 Å². The van der Waals surface area contributed by atoms with Crippen LogP contribution in [-0.2, 0) is 9.59 Å². The lowest BCUT2D eigenvalue weighted by molar-refractivity contribution is -0.148. The number of aliphatic carboxylic acids is 2. The molecule has 0 saturated heterocycles. The van der Waals surface area contributed by atoms with Crippen molar-refractivity contribution in [3.05, 3.63) is 24.3 Å². The predicted octanol–water partition coefficient (Wildman–Crippen LogP) is 4.02. The topological polar surface area (TPSA) is 74.6 Å². The number of unbranched alkanes of at least 4 members (excludes halogenated alkanes) is 4. The Morgan fingerprint density at radius 1 is 0.950 bits per heavy atom. The Morgan fingerprint density at radius 3 is 2.00 bits per heavy atom. The second-order valence-corrected chi connectivity index (χ2v) is 4.88. The quantitative estimate of drug-likeness (QED) is 0.418. The van der Waals surface area contributed by atoms with Crippen molar-refractivity contribution in [2.24, 2.45) is 5.92 Å². The molecule has 0 aromatic carbocycles. The Balaban J connectivity index is 3.71. The van der Waals surface area contributed by atoms with Crippen LogP contribution in [-0.4, -0.2) is 22.2 Å². The maximum atomic E-state index is 10.8. The summed E-state index contributed by atoms with van der Waals surface area (Å²) >= 11 is 0. The van der Waals surface area contributed by atoms with Gasteiger partial charge in [-0.15, -0.1) is 0 Å². The summed E-state index contributed by atoms with van der Waals surface area (Å²) in [6.45, 7) is 2.17. The van der Waals surface area contributed by atoms with Crippen LogP contribution in [0.5, 0.6) is 0 Å². The fraction of sp³-hybridized carbons (Fsp3) is 0.625. The molecule has 1 unspecified atom stereocenters. The van der Waals surface area contributed by atoms with Crippen LogP contribution >= 0.6 is 0 Å². The smallest absolute Gasteiger partial charge is 0.307 e. The zero-order chi connectivity index (χ0) is 15.2. The Hall–Kier alpha value is -1.58. The number of rotatable bonds is 12. The number of carbonyl (C=O) groups is 2. The van der Waals surface area contributed by atoms with E-state index in [0.717, 1.165) is 25.7 Å². The standard InChI is InChI=1S/C16H26O4/c1-2-3-4-5-6-7-8-9-10-11-12-14(16(19)20)13-15(17)18/h5-6,10-11,14H,2-4,7-9,12-13H2,1H3,(H,17,18)(H,19,20)/b6-5+,11-10+. The number of carboxylic acids is 2. The van der Waals surface area contributed by atoms with Crippen LogP contribution in [0, 0.1) is 5.92 Å². The summed E-state index contributed by atoms with van der Waals surface area (Å²) in [5.41, 5.74) is 0. The third kappa shape index (κ3) is 11.5. The maximum Gasteiger partial charge on any atom is 0.307 e. The number of carboxylic acid groups (broad SMARTS) is 2. The van der Waals surface area contributed by atoms with Crippen LogP contribution in [0.4, 0.5) is 0 Å². The first-order valence-electron chi connectivity index (χ1n) is 7.32. The van der Waals surface area contributed by atoms with Gasteiger partial charge < -0.3 is 10.2 Å². The molecule has 0 heterocycles. The molecule has 0 rings (SSSR count). The minimum atomic E-state index is -1.07. The molecule has 0 spiro atoms. The Labute approximate surface area is 121 Å². The molecule has 0 saturated carbocycles. The summed E-state index contributed by atoms with van der Waals surface area (Å²) in [5.74, 6) is -2.93. The van der Waals surface area contributed by atoms with Gasteiger partial charge in [-0.25, -0.2) is 0 Å². The lowest BCUT2D eigenvalue weighted by Crippen LogP contribution is -2.16. The summed E-state index contributed by atoms with van der Waals surface area (Å²) in [4.78, 5) is 21.3. The molecule has 0 aliphatic heterocycles. The van der Waals surface area contributed by atoms with Crippen LogP contribution in [0.25, 0.3) is 0 Å². The van der Waals surface area contributed by atoms with Crippen molar-refractivity contribution in [2.75, 3.05) is 0 Å². The van der Waals surface area contributed by atoms with E-state index in [-0.39, 0.29) is 12.8 Å². The Bertz CT molecular complexity index is 331. The fourth-order valence-electron chi connectivity index (χ4n) is 1.77. The highest BCUT2D eigenvalue weighted by Gasteiger charge is 2.18. The van der Waals surface area contributed by atoms with Crippen molar-refractivity contribution < 1.29 is 19.8 Å². The van der Waals surface area contributed by atoms with E-state index < -0.39 is 17.9 Å². The Kier molecular flexibility index (Phi) is 11.5. The van der Waals surface area contributed by atoms with E-state index in [1.165, 1.54) is 12.8 Å². The van der Waals surface area contributed by atoms with Gasteiger partial charge in [-0.2, -0.15) is 0 Å². The monoisotopic (exact) mass is 282 g/mol. The molecular formula is C16H26O4. The molecule has 0 aromatic rings. The van der Waals surface area contributed by atoms with Gasteiger partial charge in [-0.1, -0.05) is 44.1 Å². The number of hydrogen-bond donors (Lipinski definition) is 2. The highest BCUT2D eigenvalue weighted by molar-refractivity contribution is 5.77. The van der Waals surface area contributed by atoms with E-state index in [1.807, 2.05) is 6.08 Å². The van der Waals surface area contributed by atoms with Crippen molar-refractivity contribution in [1.82, 2.24) is 0 Å². The van der Waals surface area contributed by atoms with Gasteiger partial charge in [0.1, 0.15) is 0 Å². The van der Waals surface area contributed by atoms with Crippen molar-refractivity contribution in [1.29, 1.82) is 0 Å². The SMILES string of the molecule is CCCC/C=C/CCC/C=C/CC(CC(=O)O)C(=O)O. The summed E-state index contributed by atoms with van der Waals surface area (Å²) < 4.78 is 0. The van der Waals surface area contributed by atoms with Gasteiger partial charge in [0.2, 0.25) is 0 Å². The van der Waals surface area contributed by atoms with Crippen molar-refractivity contribution in [3.63, 3.8) is 0 Å². The third-order valence-corrected chi connectivity index (χ3v) is 2.99. The summed E-state index contributed by atoms with van der Waals surface area (Å²) in [7, 11) is 0. The summed E-state index contributed by atoms with van der Waals surface area (Å²) in [6, 6.07) is 0. The van der Waals surface area contributed by atoms with Gasteiger partial charge in [-0.3, -0.25) is 9.59 Å². The molecule has 0 radical (unpaired) electrons. The van der Waals surface area contributed by atoms with E-state index in [1.54, 1.807) is 6.08 Å². The van der Waals surface area contributed by atoms with Gasteiger partial charge in [0, 0.05) is 0 Å². The second-order valence-electron chi connectivity index (χ2n) is 4.88. The minimum absolute atomic E-state index is 0.286. The summed E-state index contributed by atoms with van der Waals surface area (Å²) in [6.07, 6.45) is 14.6. The van der Waals surface area contributed by atoms with Gasteiger partial charge >= 0.3 is 11.9 Å². The van der Waals surface area contributed by atoms with Gasteiger partial charge in [0.25, 0.3) is 0 Å². The lowest BCUT2D eigenvalue weighted by atomic mass is 10.0. The van der Waals surface area contributed by atoms with Crippen molar-refractivity contribution in [2.45, 2.75) is 58.3 Å². The van der Waals surface area contributed by atoms with Gasteiger partial charge in [0.15, 0.2) is 0 Å². The van der Waals surface area contributed by atoms with Gasteiger partial charge in [-0.05, 0) is 32.1 Å². The third-order valence-electron chi connectivity index (χ3n) is 2.99. The van der Waals surface area contributed by atoms with E-state index in [9.17, 15) is 9.59 Å². The molecule has 2 N–H and O–H groups in total. The second kappa shape index (κ2) is 12.5. The first-order valence-corrected chi connectivity index (χ1v) is 7.32. The Morgan fingerprint density at radius 2 is 1.50 bits per heavy atom. The normalized spacial score (nSPS) is 13.1. The maximum absolute atomic E-state index is 10.8.